The Balaban J connectivity index is 2.26. The molecule has 0 fully saturated rings. The van der Waals surface area contributed by atoms with Gasteiger partial charge in [0.05, 0.1) is 5.69 Å². The molecule has 0 saturated carbocycles. The van der Waals surface area contributed by atoms with Crippen LogP contribution in [-0.4, -0.2) is 6.03 Å². The minimum atomic E-state index is -0.608. The van der Waals surface area contributed by atoms with Gasteiger partial charge in [-0.25, -0.2) is 4.79 Å². The summed E-state index contributed by atoms with van der Waals surface area (Å²) in [5, 5.41) is 2.26. The zero-order valence-corrected chi connectivity index (χ0v) is 8.03. The zero-order chi connectivity index (χ0) is 10.7. The maximum absolute atomic E-state index is 10.5. The molecule has 76 valence electrons. The van der Waals surface area contributed by atoms with Gasteiger partial charge in [0.1, 0.15) is 0 Å². The lowest BCUT2D eigenvalue weighted by Gasteiger charge is -2.06. The molecule has 4 heteroatoms. The molecular formula is C11H11N3O. The summed E-state index contributed by atoms with van der Waals surface area (Å²) < 4.78 is 0. The number of nitrogens with one attached hydrogen (secondary N) is 2. The van der Waals surface area contributed by atoms with Gasteiger partial charge in [0.25, 0.3) is 0 Å². The van der Waals surface area contributed by atoms with Crippen molar-refractivity contribution in [2.24, 2.45) is 5.73 Å². The van der Waals surface area contributed by atoms with Crippen LogP contribution in [0.1, 0.15) is 0 Å². The van der Waals surface area contributed by atoms with E-state index >= 15 is 0 Å². The molecular weight excluding hydrogens is 190 g/mol. The molecule has 2 aromatic carbocycles. The molecule has 0 bridgehead atoms. The third-order valence-corrected chi connectivity index (χ3v) is 2.08. The highest BCUT2D eigenvalue weighted by Crippen LogP contribution is 2.17. The molecule has 0 aliphatic heterocycles. The van der Waals surface area contributed by atoms with E-state index in [0.717, 1.165) is 16.5 Å². The number of nitrogens with two attached hydrogens (primary N) is 1. The van der Waals surface area contributed by atoms with Gasteiger partial charge in [-0.05, 0) is 22.9 Å². The van der Waals surface area contributed by atoms with Crippen molar-refractivity contribution in [3.05, 3.63) is 42.5 Å². The number of anilines is 1. The number of hydrogen-bond donors (Lipinski definition) is 3. The maximum atomic E-state index is 10.5. The highest BCUT2D eigenvalue weighted by Gasteiger charge is 1.95. The molecule has 2 aromatic rings. The van der Waals surface area contributed by atoms with Gasteiger partial charge >= 0.3 is 6.03 Å². The Bertz CT molecular complexity index is 496. The highest BCUT2D eigenvalue weighted by molar-refractivity contribution is 5.86. The fourth-order valence-electron chi connectivity index (χ4n) is 1.40. The van der Waals surface area contributed by atoms with Crippen LogP contribution in [0.15, 0.2) is 42.5 Å². The van der Waals surface area contributed by atoms with E-state index in [1.807, 2.05) is 42.5 Å². The van der Waals surface area contributed by atoms with E-state index < -0.39 is 6.03 Å². The predicted molar refractivity (Wildman–Crippen MR) is 60.3 cm³/mol. The van der Waals surface area contributed by atoms with Gasteiger partial charge in [0.2, 0.25) is 0 Å². The number of carbonyl (C=O) groups excluding carboxylic acids is 1. The molecule has 2 amide bonds. The van der Waals surface area contributed by atoms with Crippen molar-refractivity contribution >= 4 is 22.5 Å². The van der Waals surface area contributed by atoms with Crippen LogP contribution in [0.4, 0.5) is 10.5 Å². The number of hydrazine groups is 1. The van der Waals surface area contributed by atoms with Crippen LogP contribution in [-0.2, 0) is 0 Å². The van der Waals surface area contributed by atoms with E-state index in [4.69, 9.17) is 5.73 Å². The van der Waals surface area contributed by atoms with Crippen LogP contribution in [0.3, 0.4) is 0 Å². The van der Waals surface area contributed by atoms with Gasteiger partial charge in [0, 0.05) is 0 Å². The molecule has 0 radical (unpaired) electrons. The number of amides is 2. The summed E-state index contributed by atoms with van der Waals surface area (Å²) in [4.78, 5) is 10.5. The summed E-state index contributed by atoms with van der Waals surface area (Å²) >= 11 is 0. The Kier molecular flexibility index (Phi) is 2.41. The molecule has 2 rings (SSSR count). The Hall–Kier alpha value is -2.23. The zero-order valence-electron chi connectivity index (χ0n) is 8.03. The first kappa shape index (κ1) is 9.33. The molecule has 0 atom stereocenters. The van der Waals surface area contributed by atoms with Crippen LogP contribution in [0.5, 0.6) is 0 Å². The molecule has 0 spiro atoms. The summed E-state index contributed by atoms with van der Waals surface area (Å²) in [6, 6.07) is 13.2. The van der Waals surface area contributed by atoms with Crippen molar-refractivity contribution in [1.82, 2.24) is 5.43 Å². The second-order valence-corrected chi connectivity index (χ2v) is 3.18. The molecule has 15 heavy (non-hydrogen) atoms. The molecule has 0 aliphatic rings. The topological polar surface area (TPSA) is 67.2 Å². The molecule has 0 aromatic heterocycles. The van der Waals surface area contributed by atoms with Gasteiger partial charge in [-0.2, -0.15) is 0 Å². The molecule has 0 unspecified atom stereocenters. The van der Waals surface area contributed by atoms with E-state index in [1.165, 1.54) is 0 Å². The minimum absolute atomic E-state index is 0.608. The first-order chi connectivity index (χ1) is 7.25. The number of carbonyl (C=O) groups is 1. The van der Waals surface area contributed by atoms with E-state index in [-0.39, 0.29) is 0 Å². The minimum Gasteiger partial charge on any atom is -0.350 e. The van der Waals surface area contributed by atoms with Gasteiger partial charge < -0.3 is 5.73 Å². The van der Waals surface area contributed by atoms with Crippen molar-refractivity contribution in [3.63, 3.8) is 0 Å². The second kappa shape index (κ2) is 3.88. The Morgan fingerprint density at radius 1 is 1.07 bits per heavy atom. The number of hydrogen-bond acceptors (Lipinski definition) is 2. The Morgan fingerprint density at radius 3 is 2.53 bits per heavy atom. The van der Waals surface area contributed by atoms with Crippen LogP contribution in [0, 0.1) is 0 Å². The van der Waals surface area contributed by atoms with Crippen molar-refractivity contribution < 1.29 is 4.79 Å². The first-order valence-corrected chi connectivity index (χ1v) is 4.56. The summed E-state index contributed by atoms with van der Waals surface area (Å²) in [7, 11) is 0. The number of rotatable bonds is 2. The fraction of sp³-hybridized carbons (Fsp3) is 0. The summed E-state index contributed by atoms with van der Waals surface area (Å²) in [5.74, 6) is 0. The van der Waals surface area contributed by atoms with Gasteiger partial charge in [-0.3, -0.25) is 10.9 Å². The number of urea groups is 1. The lowest BCUT2D eigenvalue weighted by atomic mass is 10.1. The maximum Gasteiger partial charge on any atom is 0.330 e. The van der Waals surface area contributed by atoms with Crippen molar-refractivity contribution in [2.75, 3.05) is 5.43 Å². The number of benzene rings is 2. The average molecular weight is 201 g/mol. The van der Waals surface area contributed by atoms with E-state index in [0.29, 0.717) is 0 Å². The summed E-state index contributed by atoms with van der Waals surface area (Å²) in [6.07, 6.45) is 0. The number of primary amides is 1. The number of fused-ring (bicyclic) bond motifs is 1. The molecule has 0 saturated heterocycles. The van der Waals surface area contributed by atoms with Crippen LogP contribution >= 0.6 is 0 Å². The fourth-order valence-corrected chi connectivity index (χ4v) is 1.40. The third kappa shape index (κ3) is 2.17. The lowest BCUT2D eigenvalue weighted by Crippen LogP contribution is -2.34. The van der Waals surface area contributed by atoms with E-state index in [9.17, 15) is 4.79 Å². The van der Waals surface area contributed by atoms with Crippen molar-refractivity contribution in [3.8, 4) is 0 Å². The van der Waals surface area contributed by atoms with E-state index in [1.54, 1.807) is 0 Å². The van der Waals surface area contributed by atoms with E-state index in [2.05, 4.69) is 10.9 Å². The highest BCUT2D eigenvalue weighted by atomic mass is 16.2. The van der Waals surface area contributed by atoms with Crippen LogP contribution in [0.2, 0.25) is 0 Å². The monoisotopic (exact) mass is 201 g/mol. The molecule has 0 aliphatic carbocycles. The largest absolute Gasteiger partial charge is 0.350 e. The SMILES string of the molecule is NC(=O)NNc1ccc2ccccc2c1. The van der Waals surface area contributed by atoms with Gasteiger partial charge in [-0.1, -0.05) is 30.3 Å². The lowest BCUT2D eigenvalue weighted by molar-refractivity contribution is 0.250. The van der Waals surface area contributed by atoms with Gasteiger partial charge in [-0.15, -0.1) is 0 Å². The molecule has 0 heterocycles. The second-order valence-electron chi connectivity index (χ2n) is 3.18. The first-order valence-electron chi connectivity index (χ1n) is 4.56. The Morgan fingerprint density at radius 2 is 1.80 bits per heavy atom. The summed E-state index contributed by atoms with van der Waals surface area (Å²) in [5.41, 5.74) is 10.8. The smallest absolute Gasteiger partial charge is 0.330 e. The van der Waals surface area contributed by atoms with Gasteiger partial charge in [0.15, 0.2) is 0 Å². The predicted octanol–water partition coefficient (Wildman–Crippen LogP) is 1.83. The normalized spacial score (nSPS) is 9.87. The van der Waals surface area contributed by atoms with Crippen molar-refractivity contribution in [1.29, 1.82) is 0 Å². The average Bonchev–Trinajstić information content (AvgIpc) is 2.26. The van der Waals surface area contributed by atoms with Crippen molar-refractivity contribution in [2.45, 2.75) is 0 Å². The van der Waals surface area contributed by atoms with Crippen LogP contribution in [0.25, 0.3) is 10.8 Å². The Labute approximate surface area is 87.0 Å². The molecule has 4 N–H and O–H groups in total. The molecule has 4 nitrogen and oxygen atoms in total. The quantitative estimate of drug-likeness (QED) is 0.649. The van der Waals surface area contributed by atoms with Crippen LogP contribution < -0.4 is 16.6 Å². The summed E-state index contributed by atoms with van der Waals surface area (Å²) in [6.45, 7) is 0. The standard InChI is InChI=1S/C11H11N3O/c12-11(15)14-13-10-6-5-8-3-1-2-4-9(8)7-10/h1-7,13H,(H3,12,14,15). The third-order valence-electron chi connectivity index (χ3n) is 2.08.